The standard InChI is InChI=1S/C16H25N3O2/c1-18(14-8-6-13(17)7-9-14)16(21)11-19-10-4-2-3-5-15(19)12-20/h6-9,15,20H,2-5,10-12,17H2,1H3. The quantitative estimate of drug-likeness (QED) is 0.824. The summed E-state index contributed by atoms with van der Waals surface area (Å²) in [6, 6.07) is 7.39. The van der Waals surface area contributed by atoms with Crippen LogP contribution in [0.1, 0.15) is 25.7 Å². The number of carbonyl (C=O) groups excluding carboxylic acids is 1. The van der Waals surface area contributed by atoms with E-state index in [9.17, 15) is 9.90 Å². The van der Waals surface area contributed by atoms with Gasteiger partial charge in [0, 0.05) is 24.5 Å². The summed E-state index contributed by atoms with van der Waals surface area (Å²) in [5.41, 5.74) is 7.19. The zero-order valence-corrected chi connectivity index (χ0v) is 12.7. The molecule has 116 valence electrons. The number of hydrogen-bond donors (Lipinski definition) is 2. The molecule has 0 saturated carbocycles. The van der Waals surface area contributed by atoms with Crippen molar-refractivity contribution in [2.75, 3.05) is 37.4 Å². The molecule has 0 aliphatic carbocycles. The molecule has 1 heterocycles. The Kier molecular flexibility index (Phi) is 5.59. The Bertz CT molecular complexity index is 461. The fourth-order valence-electron chi connectivity index (χ4n) is 2.77. The minimum Gasteiger partial charge on any atom is -0.399 e. The van der Waals surface area contributed by atoms with Gasteiger partial charge in [-0.25, -0.2) is 0 Å². The highest BCUT2D eigenvalue weighted by molar-refractivity contribution is 5.94. The van der Waals surface area contributed by atoms with E-state index in [4.69, 9.17) is 5.73 Å². The van der Waals surface area contributed by atoms with Crippen molar-refractivity contribution in [3.05, 3.63) is 24.3 Å². The van der Waals surface area contributed by atoms with Crippen LogP contribution in [0, 0.1) is 0 Å². The van der Waals surface area contributed by atoms with E-state index in [0.717, 1.165) is 31.5 Å². The lowest BCUT2D eigenvalue weighted by molar-refractivity contribution is -0.120. The molecule has 5 nitrogen and oxygen atoms in total. The van der Waals surface area contributed by atoms with Crippen molar-refractivity contribution in [1.82, 2.24) is 4.90 Å². The van der Waals surface area contributed by atoms with Gasteiger partial charge < -0.3 is 15.7 Å². The number of benzene rings is 1. The normalized spacial score (nSPS) is 20.0. The minimum absolute atomic E-state index is 0.0418. The van der Waals surface area contributed by atoms with Crippen molar-refractivity contribution in [3.63, 3.8) is 0 Å². The summed E-state index contributed by atoms with van der Waals surface area (Å²) in [6.07, 6.45) is 4.36. The third-order valence-corrected chi connectivity index (χ3v) is 4.20. The lowest BCUT2D eigenvalue weighted by Gasteiger charge is -2.29. The number of carbonyl (C=O) groups is 1. The summed E-state index contributed by atoms with van der Waals surface area (Å²) in [7, 11) is 1.78. The number of nitrogens with zero attached hydrogens (tertiary/aromatic N) is 2. The molecular weight excluding hydrogens is 266 g/mol. The summed E-state index contributed by atoms with van der Waals surface area (Å²) in [5.74, 6) is 0.0418. The smallest absolute Gasteiger partial charge is 0.240 e. The van der Waals surface area contributed by atoms with Gasteiger partial charge in [-0.05, 0) is 43.7 Å². The number of rotatable bonds is 4. The fraction of sp³-hybridized carbons (Fsp3) is 0.562. The Morgan fingerprint density at radius 3 is 2.71 bits per heavy atom. The molecule has 0 radical (unpaired) electrons. The average molecular weight is 291 g/mol. The molecular formula is C16H25N3O2. The van der Waals surface area contributed by atoms with Gasteiger partial charge in [0.05, 0.1) is 13.2 Å². The Hall–Kier alpha value is -1.59. The SMILES string of the molecule is CN(C(=O)CN1CCCCCC1CO)c1ccc(N)cc1. The van der Waals surface area contributed by atoms with Crippen LogP contribution < -0.4 is 10.6 Å². The Labute approximate surface area is 126 Å². The number of likely N-dealkylation sites (N-methyl/N-ethyl adjacent to an activating group) is 1. The van der Waals surface area contributed by atoms with E-state index >= 15 is 0 Å². The Balaban J connectivity index is 2.00. The molecule has 2 rings (SSSR count). The number of aliphatic hydroxyl groups is 1. The number of likely N-dealkylation sites (tertiary alicyclic amines) is 1. The van der Waals surface area contributed by atoms with Crippen LogP contribution in [-0.4, -0.2) is 48.7 Å². The zero-order valence-electron chi connectivity index (χ0n) is 12.7. The molecule has 3 N–H and O–H groups in total. The highest BCUT2D eigenvalue weighted by Gasteiger charge is 2.23. The van der Waals surface area contributed by atoms with Crippen molar-refractivity contribution < 1.29 is 9.90 Å². The van der Waals surface area contributed by atoms with Crippen LogP contribution in [0.2, 0.25) is 0 Å². The van der Waals surface area contributed by atoms with Gasteiger partial charge in [0.1, 0.15) is 0 Å². The molecule has 1 aromatic carbocycles. The molecule has 1 aliphatic heterocycles. The van der Waals surface area contributed by atoms with Crippen molar-refractivity contribution in [2.45, 2.75) is 31.7 Å². The maximum absolute atomic E-state index is 12.4. The van der Waals surface area contributed by atoms with Crippen molar-refractivity contribution >= 4 is 17.3 Å². The summed E-state index contributed by atoms with van der Waals surface area (Å²) in [6.45, 7) is 1.36. The van der Waals surface area contributed by atoms with E-state index in [0.29, 0.717) is 12.2 Å². The summed E-state index contributed by atoms with van der Waals surface area (Å²) in [5, 5.41) is 9.51. The van der Waals surface area contributed by atoms with Crippen molar-refractivity contribution in [1.29, 1.82) is 0 Å². The second kappa shape index (κ2) is 7.43. The van der Waals surface area contributed by atoms with E-state index in [2.05, 4.69) is 4.90 Å². The van der Waals surface area contributed by atoms with Gasteiger partial charge >= 0.3 is 0 Å². The molecule has 1 aromatic rings. The van der Waals surface area contributed by atoms with E-state index in [1.165, 1.54) is 6.42 Å². The molecule has 21 heavy (non-hydrogen) atoms. The molecule has 0 spiro atoms. The van der Waals surface area contributed by atoms with E-state index in [-0.39, 0.29) is 18.6 Å². The number of anilines is 2. The number of amides is 1. The predicted molar refractivity (Wildman–Crippen MR) is 85.2 cm³/mol. The van der Waals surface area contributed by atoms with E-state index < -0.39 is 0 Å². The van der Waals surface area contributed by atoms with Gasteiger partial charge in [0.25, 0.3) is 0 Å². The second-order valence-corrected chi connectivity index (χ2v) is 5.70. The number of nitrogen functional groups attached to an aromatic ring is 1. The summed E-state index contributed by atoms with van der Waals surface area (Å²) < 4.78 is 0. The molecule has 1 atom stereocenters. The molecule has 1 fully saturated rings. The number of hydrogen-bond acceptors (Lipinski definition) is 4. The highest BCUT2D eigenvalue weighted by atomic mass is 16.3. The van der Waals surface area contributed by atoms with Crippen LogP contribution in [0.25, 0.3) is 0 Å². The first-order valence-electron chi connectivity index (χ1n) is 7.59. The first-order chi connectivity index (χ1) is 10.1. The maximum Gasteiger partial charge on any atom is 0.240 e. The largest absolute Gasteiger partial charge is 0.399 e. The monoisotopic (exact) mass is 291 g/mol. The third kappa shape index (κ3) is 4.19. The lowest BCUT2D eigenvalue weighted by atomic mass is 10.1. The average Bonchev–Trinajstić information content (AvgIpc) is 2.72. The molecule has 5 heteroatoms. The van der Waals surface area contributed by atoms with E-state index in [1.807, 2.05) is 12.1 Å². The van der Waals surface area contributed by atoms with Gasteiger partial charge in [-0.2, -0.15) is 0 Å². The lowest BCUT2D eigenvalue weighted by Crippen LogP contribution is -2.44. The molecule has 1 aliphatic rings. The van der Waals surface area contributed by atoms with Crippen LogP contribution in [0.3, 0.4) is 0 Å². The number of aliphatic hydroxyl groups excluding tert-OH is 1. The zero-order chi connectivity index (χ0) is 15.2. The van der Waals surface area contributed by atoms with Crippen LogP contribution in [0.15, 0.2) is 24.3 Å². The van der Waals surface area contributed by atoms with Crippen LogP contribution in [0.5, 0.6) is 0 Å². The van der Waals surface area contributed by atoms with Gasteiger partial charge in [0.2, 0.25) is 5.91 Å². The van der Waals surface area contributed by atoms with E-state index in [1.54, 1.807) is 24.1 Å². The van der Waals surface area contributed by atoms with Gasteiger partial charge in [-0.3, -0.25) is 9.69 Å². The first kappa shape index (κ1) is 15.8. The molecule has 1 saturated heterocycles. The van der Waals surface area contributed by atoms with Gasteiger partial charge in [-0.15, -0.1) is 0 Å². The number of nitrogens with two attached hydrogens (primary N) is 1. The Morgan fingerprint density at radius 2 is 2.05 bits per heavy atom. The van der Waals surface area contributed by atoms with Crippen LogP contribution in [0.4, 0.5) is 11.4 Å². The molecule has 0 aromatic heterocycles. The van der Waals surface area contributed by atoms with Crippen LogP contribution >= 0.6 is 0 Å². The first-order valence-corrected chi connectivity index (χ1v) is 7.59. The van der Waals surface area contributed by atoms with Crippen molar-refractivity contribution in [3.8, 4) is 0 Å². The van der Waals surface area contributed by atoms with Gasteiger partial charge in [-0.1, -0.05) is 12.8 Å². The second-order valence-electron chi connectivity index (χ2n) is 5.70. The molecule has 0 bridgehead atoms. The predicted octanol–water partition coefficient (Wildman–Crippen LogP) is 1.47. The molecule has 1 amide bonds. The highest BCUT2D eigenvalue weighted by Crippen LogP contribution is 2.18. The fourth-order valence-corrected chi connectivity index (χ4v) is 2.77. The topological polar surface area (TPSA) is 69.8 Å². The Morgan fingerprint density at radius 1 is 1.33 bits per heavy atom. The minimum atomic E-state index is 0.0418. The maximum atomic E-state index is 12.4. The summed E-state index contributed by atoms with van der Waals surface area (Å²) in [4.78, 5) is 16.2. The van der Waals surface area contributed by atoms with Gasteiger partial charge in [0.15, 0.2) is 0 Å². The summed E-state index contributed by atoms with van der Waals surface area (Å²) >= 11 is 0. The third-order valence-electron chi connectivity index (χ3n) is 4.20. The molecule has 1 unspecified atom stereocenters. The van der Waals surface area contributed by atoms with Crippen LogP contribution in [-0.2, 0) is 4.79 Å². The van der Waals surface area contributed by atoms with Crippen molar-refractivity contribution in [2.24, 2.45) is 0 Å².